The van der Waals surface area contributed by atoms with Crippen LogP contribution in [0.4, 0.5) is 0 Å². The molecule has 1 aromatic heterocycles. The van der Waals surface area contributed by atoms with Gasteiger partial charge in [0.25, 0.3) is 0 Å². The normalized spacial score (nSPS) is 12.4. The maximum absolute atomic E-state index is 11.5. The van der Waals surface area contributed by atoms with Gasteiger partial charge in [-0.1, -0.05) is 0 Å². The molecule has 5 nitrogen and oxygen atoms in total. The van der Waals surface area contributed by atoms with E-state index in [9.17, 15) is 9.59 Å². The van der Waals surface area contributed by atoms with Gasteiger partial charge in [-0.25, -0.2) is 4.79 Å². The van der Waals surface area contributed by atoms with E-state index < -0.39 is 12.0 Å². The predicted octanol–water partition coefficient (Wildman–Crippen LogP) is 1.67. The molecular weight excluding hydrogens is 234 g/mol. The van der Waals surface area contributed by atoms with Gasteiger partial charge in [-0.15, -0.1) is 0 Å². The van der Waals surface area contributed by atoms with Gasteiger partial charge in [0, 0.05) is 6.08 Å². The average Bonchev–Trinajstić information content (AvgIpc) is 2.73. The van der Waals surface area contributed by atoms with Gasteiger partial charge in [0.1, 0.15) is 17.6 Å². The fourth-order valence-corrected chi connectivity index (χ4v) is 1.29. The molecule has 1 aromatic rings. The van der Waals surface area contributed by atoms with E-state index in [4.69, 9.17) is 9.15 Å². The number of carbonyl (C=O) groups excluding carboxylic acids is 2. The number of hydrogen-bond acceptors (Lipinski definition) is 4. The molecule has 1 rings (SSSR count). The standard InChI is InChI=1S/C13H17NO4/c1-4-17-13(16)10(3)14-12(15)8-7-11-6-5-9(2)18-11/h5-8,10H,4H2,1-3H3,(H,14,15)/b8-7+. The highest BCUT2D eigenvalue weighted by molar-refractivity contribution is 5.94. The molecule has 0 aromatic carbocycles. The Bertz CT molecular complexity index is 448. The van der Waals surface area contributed by atoms with E-state index in [1.54, 1.807) is 32.1 Å². The Kier molecular flexibility index (Phi) is 5.17. The van der Waals surface area contributed by atoms with Crippen molar-refractivity contribution in [1.82, 2.24) is 5.32 Å². The van der Waals surface area contributed by atoms with Crippen LogP contribution in [0.1, 0.15) is 25.4 Å². The molecule has 0 bridgehead atoms. The highest BCUT2D eigenvalue weighted by Crippen LogP contribution is 2.07. The molecule has 0 aliphatic rings. The van der Waals surface area contributed by atoms with Crippen LogP contribution in [0.3, 0.4) is 0 Å². The maximum atomic E-state index is 11.5. The summed E-state index contributed by atoms with van der Waals surface area (Å²) in [6.07, 6.45) is 2.86. The quantitative estimate of drug-likeness (QED) is 0.638. The van der Waals surface area contributed by atoms with Crippen LogP contribution in [-0.2, 0) is 14.3 Å². The molecule has 1 amide bonds. The van der Waals surface area contributed by atoms with Crippen LogP contribution in [0.2, 0.25) is 0 Å². The maximum Gasteiger partial charge on any atom is 0.328 e. The third-order valence-electron chi connectivity index (χ3n) is 2.16. The van der Waals surface area contributed by atoms with Crippen LogP contribution in [0.15, 0.2) is 22.6 Å². The molecule has 1 atom stereocenters. The van der Waals surface area contributed by atoms with E-state index in [-0.39, 0.29) is 5.91 Å². The number of nitrogens with one attached hydrogen (secondary N) is 1. The van der Waals surface area contributed by atoms with E-state index in [0.29, 0.717) is 12.4 Å². The molecule has 98 valence electrons. The van der Waals surface area contributed by atoms with Gasteiger partial charge in [-0.3, -0.25) is 4.79 Å². The second kappa shape index (κ2) is 6.64. The van der Waals surface area contributed by atoms with Crippen LogP contribution in [0.5, 0.6) is 0 Å². The largest absolute Gasteiger partial charge is 0.464 e. The van der Waals surface area contributed by atoms with Crippen molar-refractivity contribution in [3.63, 3.8) is 0 Å². The lowest BCUT2D eigenvalue weighted by atomic mass is 10.3. The Morgan fingerprint density at radius 3 is 2.78 bits per heavy atom. The summed E-state index contributed by atoms with van der Waals surface area (Å²) < 4.78 is 10.0. The van der Waals surface area contributed by atoms with Gasteiger partial charge in [-0.05, 0) is 39.0 Å². The van der Waals surface area contributed by atoms with Crippen molar-refractivity contribution in [2.45, 2.75) is 26.8 Å². The van der Waals surface area contributed by atoms with Gasteiger partial charge < -0.3 is 14.5 Å². The number of amides is 1. The lowest BCUT2D eigenvalue weighted by molar-refractivity contribution is -0.146. The second-order valence-electron chi connectivity index (χ2n) is 3.76. The lowest BCUT2D eigenvalue weighted by Crippen LogP contribution is -2.38. The molecule has 0 aliphatic heterocycles. The molecule has 1 heterocycles. The topological polar surface area (TPSA) is 68.5 Å². The predicted molar refractivity (Wildman–Crippen MR) is 66.7 cm³/mol. The first kappa shape index (κ1) is 14.0. The smallest absolute Gasteiger partial charge is 0.328 e. The van der Waals surface area contributed by atoms with Crippen molar-refractivity contribution in [3.05, 3.63) is 29.7 Å². The van der Waals surface area contributed by atoms with Crippen molar-refractivity contribution in [3.8, 4) is 0 Å². The zero-order valence-corrected chi connectivity index (χ0v) is 10.7. The lowest BCUT2D eigenvalue weighted by Gasteiger charge is -2.10. The number of hydrogen-bond donors (Lipinski definition) is 1. The van der Waals surface area contributed by atoms with Crippen molar-refractivity contribution < 1.29 is 18.7 Å². The fourth-order valence-electron chi connectivity index (χ4n) is 1.29. The molecule has 5 heteroatoms. The molecule has 0 spiro atoms. The summed E-state index contributed by atoms with van der Waals surface area (Å²) >= 11 is 0. The average molecular weight is 251 g/mol. The van der Waals surface area contributed by atoms with Gasteiger partial charge in [0.15, 0.2) is 0 Å². The summed E-state index contributed by atoms with van der Waals surface area (Å²) in [5.41, 5.74) is 0. The van der Waals surface area contributed by atoms with Gasteiger partial charge in [0.2, 0.25) is 5.91 Å². The summed E-state index contributed by atoms with van der Waals surface area (Å²) in [4.78, 5) is 22.8. The minimum absolute atomic E-state index is 0.292. The van der Waals surface area contributed by atoms with Crippen molar-refractivity contribution >= 4 is 18.0 Å². The van der Waals surface area contributed by atoms with E-state index in [2.05, 4.69) is 5.32 Å². The first-order valence-corrected chi connectivity index (χ1v) is 5.74. The molecule has 0 saturated carbocycles. The Morgan fingerprint density at radius 1 is 1.50 bits per heavy atom. The summed E-state index contributed by atoms with van der Waals surface area (Å²) in [7, 11) is 0. The van der Waals surface area contributed by atoms with Gasteiger partial charge in [-0.2, -0.15) is 0 Å². The molecule has 0 aliphatic carbocycles. The number of furan rings is 1. The Labute approximate surface area is 106 Å². The summed E-state index contributed by atoms with van der Waals surface area (Å²) in [6, 6.07) is 2.90. The Morgan fingerprint density at radius 2 is 2.22 bits per heavy atom. The molecule has 0 radical (unpaired) electrons. The van der Waals surface area contributed by atoms with Crippen molar-refractivity contribution in [2.75, 3.05) is 6.61 Å². The fraction of sp³-hybridized carbons (Fsp3) is 0.385. The molecule has 18 heavy (non-hydrogen) atoms. The number of aryl methyl sites for hydroxylation is 1. The van der Waals surface area contributed by atoms with E-state index in [1.807, 2.05) is 6.92 Å². The van der Waals surface area contributed by atoms with Crippen LogP contribution >= 0.6 is 0 Å². The SMILES string of the molecule is CCOC(=O)C(C)NC(=O)/C=C/c1ccc(C)o1. The number of esters is 1. The third kappa shape index (κ3) is 4.45. The minimum Gasteiger partial charge on any atom is -0.464 e. The highest BCUT2D eigenvalue weighted by Gasteiger charge is 2.14. The summed E-state index contributed by atoms with van der Waals surface area (Å²) in [5.74, 6) is 0.541. The van der Waals surface area contributed by atoms with Crippen LogP contribution in [-0.4, -0.2) is 24.5 Å². The van der Waals surface area contributed by atoms with Crippen molar-refractivity contribution in [2.24, 2.45) is 0 Å². The minimum atomic E-state index is -0.666. The number of rotatable bonds is 5. The van der Waals surface area contributed by atoms with Crippen LogP contribution < -0.4 is 5.32 Å². The Balaban J connectivity index is 2.46. The van der Waals surface area contributed by atoms with Gasteiger partial charge >= 0.3 is 5.97 Å². The molecule has 0 saturated heterocycles. The first-order chi connectivity index (χ1) is 8.52. The third-order valence-corrected chi connectivity index (χ3v) is 2.16. The van der Waals surface area contributed by atoms with E-state index in [1.165, 1.54) is 6.08 Å². The number of carbonyl (C=O) groups is 2. The second-order valence-corrected chi connectivity index (χ2v) is 3.76. The van der Waals surface area contributed by atoms with Gasteiger partial charge in [0.05, 0.1) is 6.61 Å². The molecule has 1 unspecified atom stereocenters. The first-order valence-electron chi connectivity index (χ1n) is 5.74. The molecular formula is C13H17NO4. The zero-order valence-electron chi connectivity index (χ0n) is 10.7. The summed E-state index contributed by atoms with van der Waals surface area (Å²) in [5, 5.41) is 2.50. The zero-order chi connectivity index (χ0) is 13.5. The van der Waals surface area contributed by atoms with E-state index >= 15 is 0 Å². The molecule has 0 fully saturated rings. The monoisotopic (exact) mass is 251 g/mol. The summed E-state index contributed by atoms with van der Waals surface area (Å²) in [6.45, 7) is 5.40. The number of ether oxygens (including phenoxy) is 1. The highest BCUT2D eigenvalue weighted by atomic mass is 16.5. The van der Waals surface area contributed by atoms with Crippen LogP contribution in [0, 0.1) is 6.92 Å². The van der Waals surface area contributed by atoms with Crippen LogP contribution in [0.25, 0.3) is 6.08 Å². The van der Waals surface area contributed by atoms with Crippen molar-refractivity contribution in [1.29, 1.82) is 0 Å². The molecule has 1 N–H and O–H groups in total. The van der Waals surface area contributed by atoms with E-state index in [0.717, 1.165) is 5.76 Å². The Hall–Kier alpha value is -2.04.